The first-order chi connectivity index (χ1) is 14.1. The maximum atomic E-state index is 13.2. The Morgan fingerprint density at radius 1 is 1.23 bits per heavy atom. The fraction of sp³-hybridized carbons (Fsp3) is 0.545. The fourth-order valence-electron chi connectivity index (χ4n) is 4.05. The maximum absolute atomic E-state index is 13.2. The molecule has 0 saturated carbocycles. The number of amides is 1. The van der Waals surface area contributed by atoms with Gasteiger partial charge in [-0.3, -0.25) is 9.59 Å². The molecule has 0 unspecified atom stereocenters. The number of nitrogens with one attached hydrogen (secondary N) is 2. The fourth-order valence-corrected chi connectivity index (χ4v) is 5.75. The minimum atomic E-state index is -3.71. The van der Waals surface area contributed by atoms with Gasteiger partial charge in [0.2, 0.25) is 15.5 Å². The van der Waals surface area contributed by atoms with Crippen LogP contribution in [0, 0.1) is 17.8 Å². The van der Waals surface area contributed by atoms with Crippen LogP contribution in [0.25, 0.3) is 10.9 Å². The van der Waals surface area contributed by atoms with Crippen LogP contribution in [0.3, 0.4) is 0 Å². The Hall–Kier alpha value is -2.19. The number of aromatic nitrogens is 1. The highest BCUT2D eigenvalue weighted by Crippen LogP contribution is 2.27. The standard InChI is InChI=1S/C22H31N3O4S/c1-14(2)7-8-23-22(27)19-11-24-20-6-5-17(10-18(20)21(19)26)30(28,29)25-12-15(3)9-16(4)13-25/h5-6,10-11,14-16H,7-9,12-13H2,1-4H3,(H,23,27)(H,24,26)/t15-,16-/m1/s1. The zero-order chi connectivity index (χ0) is 22.1. The van der Waals surface area contributed by atoms with E-state index in [1.165, 1.54) is 22.6 Å². The van der Waals surface area contributed by atoms with Gasteiger partial charge in [0.25, 0.3) is 5.91 Å². The zero-order valence-electron chi connectivity index (χ0n) is 18.1. The number of fused-ring (bicyclic) bond motifs is 1. The number of carbonyl (C=O) groups excluding carboxylic acids is 1. The number of hydrogen-bond acceptors (Lipinski definition) is 4. The van der Waals surface area contributed by atoms with Gasteiger partial charge in [0.1, 0.15) is 5.56 Å². The Morgan fingerprint density at radius 2 is 1.90 bits per heavy atom. The second-order valence-corrected chi connectivity index (χ2v) is 10.9. The number of nitrogens with zero attached hydrogens (tertiary/aromatic N) is 1. The molecule has 0 radical (unpaired) electrons. The topological polar surface area (TPSA) is 99.3 Å². The second kappa shape index (κ2) is 8.89. The van der Waals surface area contributed by atoms with Gasteiger partial charge < -0.3 is 10.3 Å². The third-order valence-corrected chi connectivity index (χ3v) is 7.40. The van der Waals surface area contributed by atoms with Gasteiger partial charge in [-0.1, -0.05) is 27.7 Å². The Bertz CT molecular complexity index is 1080. The minimum Gasteiger partial charge on any atom is -0.360 e. The number of sulfonamides is 1. The summed E-state index contributed by atoms with van der Waals surface area (Å²) in [5, 5.41) is 2.96. The number of benzene rings is 1. The highest BCUT2D eigenvalue weighted by Gasteiger charge is 2.32. The zero-order valence-corrected chi connectivity index (χ0v) is 18.9. The first kappa shape index (κ1) is 22.5. The molecule has 7 nitrogen and oxygen atoms in total. The Balaban J connectivity index is 1.94. The molecule has 0 spiro atoms. The molecule has 1 aromatic carbocycles. The lowest BCUT2D eigenvalue weighted by atomic mass is 9.94. The molecule has 2 heterocycles. The van der Waals surface area contributed by atoms with Crippen molar-refractivity contribution in [2.75, 3.05) is 19.6 Å². The number of hydrogen-bond donors (Lipinski definition) is 2. The first-order valence-electron chi connectivity index (χ1n) is 10.5. The van der Waals surface area contributed by atoms with E-state index in [9.17, 15) is 18.0 Å². The third kappa shape index (κ3) is 4.75. The Labute approximate surface area is 177 Å². The summed E-state index contributed by atoms with van der Waals surface area (Å²) in [7, 11) is -3.71. The summed E-state index contributed by atoms with van der Waals surface area (Å²) in [4.78, 5) is 28.4. The van der Waals surface area contributed by atoms with Gasteiger partial charge in [0.15, 0.2) is 0 Å². The lowest BCUT2D eigenvalue weighted by Crippen LogP contribution is -2.42. The summed E-state index contributed by atoms with van der Waals surface area (Å²) in [5.74, 6) is 0.556. The molecule has 0 bridgehead atoms. The number of carbonyl (C=O) groups is 1. The normalized spacial score (nSPS) is 20.6. The average molecular weight is 434 g/mol. The molecule has 2 atom stereocenters. The van der Waals surface area contributed by atoms with Gasteiger partial charge in [-0.05, 0) is 48.8 Å². The van der Waals surface area contributed by atoms with Crippen LogP contribution < -0.4 is 10.7 Å². The van der Waals surface area contributed by atoms with E-state index in [-0.39, 0.29) is 27.7 Å². The van der Waals surface area contributed by atoms with Crippen LogP contribution in [0.4, 0.5) is 0 Å². The summed E-state index contributed by atoms with van der Waals surface area (Å²) < 4.78 is 27.9. The second-order valence-electron chi connectivity index (χ2n) is 8.95. The summed E-state index contributed by atoms with van der Waals surface area (Å²) >= 11 is 0. The Morgan fingerprint density at radius 3 is 2.53 bits per heavy atom. The van der Waals surface area contributed by atoms with E-state index in [2.05, 4.69) is 24.1 Å². The van der Waals surface area contributed by atoms with Crippen LogP contribution >= 0.6 is 0 Å². The summed E-state index contributed by atoms with van der Waals surface area (Å²) in [6.07, 6.45) is 3.20. The summed E-state index contributed by atoms with van der Waals surface area (Å²) in [6.45, 7) is 9.63. The molecule has 2 N–H and O–H groups in total. The van der Waals surface area contributed by atoms with Crippen molar-refractivity contribution >= 4 is 26.8 Å². The van der Waals surface area contributed by atoms with Crippen molar-refractivity contribution in [3.8, 4) is 0 Å². The molecule has 30 heavy (non-hydrogen) atoms. The lowest BCUT2D eigenvalue weighted by molar-refractivity contribution is 0.0951. The van der Waals surface area contributed by atoms with Gasteiger partial charge in [0.05, 0.1) is 4.90 Å². The molecule has 1 aromatic heterocycles. The van der Waals surface area contributed by atoms with Crippen LogP contribution in [-0.2, 0) is 10.0 Å². The monoisotopic (exact) mass is 433 g/mol. The number of H-pyrrole nitrogens is 1. The molecule has 1 saturated heterocycles. The van der Waals surface area contributed by atoms with Crippen LogP contribution in [0.5, 0.6) is 0 Å². The van der Waals surface area contributed by atoms with E-state index in [0.717, 1.165) is 12.8 Å². The predicted molar refractivity (Wildman–Crippen MR) is 118 cm³/mol. The van der Waals surface area contributed by atoms with Gasteiger partial charge >= 0.3 is 0 Å². The van der Waals surface area contributed by atoms with Crippen molar-refractivity contribution in [1.82, 2.24) is 14.6 Å². The molecule has 1 amide bonds. The van der Waals surface area contributed by atoms with E-state index < -0.39 is 21.4 Å². The van der Waals surface area contributed by atoms with E-state index in [1.54, 1.807) is 6.07 Å². The van der Waals surface area contributed by atoms with Crippen molar-refractivity contribution < 1.29 is 13.2 Å². The minimum absolute atomic E-state index is 0.0129. The molecule has 8 heteroatoms. The molecule has 3 rings (SSSR count). The van der Waals surface area contributed by atoms with Crippen molar-refractivity contribution in [2.24, 2.45) is 17.8 Å². The van der Waals surface area contributed by atoms with Crippen LogP contribution in [-0.4, -0.2) is 43.2 Å². The molecule has 0 aliphatic carbocycles. The van der Waals surface area contributed by atoms with Crippen LogP contribution in [0.2, 0.25) is 0 Å². The average Bonchev–Trinajstić information content (AvgIpc) is 2.67. The molecule has 164 valence electrons. The van der Waals surface area contributed by atoms with Gasteiger partial charge in [-0.2, -0.15) is 4.31 Å². The van der Waals surface area contributed by atoms with E-state index in [4.69, 9.17) is 0 Å². The summed E-state index contributed by atoms with van der Waals surface area (Å²) in [6, 6.07) is 4.49. The molecule has 1 fully saturated rings. The van der Waals surface area contributed by atoms with Crippen molar-refractivity contribution in [3.05, 3.63) is 40.2 Å². The smallest absolute Gasteiger partial charge is 0.256 e. The Kier molecular flexibility index (Phi) is 6.67. The molecule has 1 aliphatic rings. The molecule has 2 aromatic rings. The van der Waals surface area contributed by atoms with E-state index in [0.29, 0.717) is 31.1 Å². The largest absolute Gasteiger partial charge is 0.360 e. The van der Waals surface area contributed by atoms with Gasteiger partial charge in [-0.15, -0.1) is 0 Å². The van der Waals surface area contributed by atoms with Crippen LogP contribution in [0.15, 0.2) is 34.1 Å². The van der Waals surface area contributed by atoms with Gasteiger partial charge in [-0.25, -0.2) is 8.42 Å². The molecular formula is C22H31N3O4S. The number of rotatable bonds is 6. The number of aromatic amines is 1. The highest BCUT2D eigenvalue weighted by atomic mass is 32.2. The van der Waals surface area contributed by atoms with Crippen molar-refractivity contribution in [3.63, 3.8) is 0 Å². The number of piperidine rings is 1. The summed E-state index contributed by atoms with van der Waals surface area (Å²) in [5.41, 5.74) is 0.0160. The predicted octanol–water partition coefficient (Wildman–Crippen LogP) is 2.97. The molecule has 1 aliphatic heterocycles. The quantitative estimate of drug-likeness (QED) is 0.731. The van der Waals surface area contributed by atoms with Crippen molar-refractivity contribution in [2.45, 2.75) is 45.4 Å². The van der Waals surface area contributed by atoms with Crippen molar-refractivity contribution in [1.29, 1.82) is 0 Å². The van der Waals surface area contributed by atoms with E-state index in [1.807, 2.05) is 13.8 Å². The first-order valence-corrected chi connectivity index (χ1v) is 12.0. The third-order valence-electron chi connectivity index (χ3n) is 5.58. The number of pyridine rings is 1. The van der Waals surface area contributed by atoms with Crippen LogP contribution in [0.1, 0.15) is 50.9 Å². The SMILES string of the molecule is CC(C)CCNC(=O)c1c[nH]c2ccc(S(=O)(=O)N3C[C@H](C)C[C@@H](C)C3)cc2c1=O. The lowest BCUT2D eigenvalue weighted by Gasteiger charge is -2.34. The van der Waals surface area contributed by atoms with Gasteiger partial charge in [0, 0.05) is 36.7 Å². The highest BCUT2D eigenvalue weighted by molar-refractivity contribution is 7.89. The molecular weight excluding hydrogens is 402 g/mol. The maximum Gasteiger partial charge on any atom is 0.256 e. The van der Waals surface area contributed by atoms with E-state index >= 15 is 0 Å².